The van der Waals surface area contributed by atoms with Gasteiger partial charge in [0.1, 0.15) is 17.2 Å². The first-order chi connectivity index (χ1) is 8.28. The van der Waals surface area contributed by atoms with E-state index in [-0.39, 0.29) is 11.1 Å². The first-order valence-electron chi connectivity index (χ1n) is 5.51. The highest BCUT2D eigenvalue weighted by Crippen LogP contribution is 2.28. The largest absolute Gasteiger partial charge is 0.506 e. The molecule has 0 bridgehead atoms. The minimum atomic E-state index is -0.636. The van der Waals surface area contributed by atoms with Gasteiger partial charge in [0.15, 0.2) is 0 Å². The molecule has 0 spiro atoms. The maximum absolute atomic E-state index is 13.1. The van der Waals surface area contributed by atoms with Gasteiger partial charge in [-0.15, -0.1) is 0 Å². The molecule has 1 N–H and O–H groups in total. The van der Waals surface area contributed by atoms with E-state index in [1.807, 2.05) is 0 Å². The van der Waals surface area contributed by atoms with Crippen molar-refractivity contribution >= 4 is 17.0 Å². The zero-order valence-electron chi connectivity index (χ0n) is 10.4. The average Bonchev–Trinajstić information content (AvgIpc) is 2.54. The average molecular weight is 251 g/mol. The molecule has 0 saturated carbocycles. The van der Waals surface area contributed by atoms with Crippen molar-refractivity contribution in [3.05, 3.63) is 30.2 Å². The highest BCUT2D eigenvalue weighted by Gasteiger charge is 2.20. The van der Waals surface area contributed by atoms with E-state index < -0.39 is 17.5 Å². The molecule has 96 valence electrons. The summed E-state index contributed by atoms with van der Waals surface area (Å²) in [5, 5.41) is 9.95. The number of hydrogen-bond donors (Lipinski definition) is 1. The van der Waals surface area contributed by atoms with E-state index >= 15 is 0 Å². The van der Waals surface area contributed by atoms with Crippen molar-refractivity contribution in [3.63, 3.8) is 0 Å². The van der Waals surface area contributed by atoms with Crippen LogP contribution in [0, 0.1) is 5.82 Å². The monoisotopic (exact) mass is 251 g/mol. The lowest BCUT2D eigenvalue weighted by atomic mass is 10.2. The van der Waals surface area contributed by atoms with Crippen molar-refractivity contribution in [2.75, 3.05) is 0 Å². The van der Waals surface area contributed by atoms with Crippen LogP contribution in [0.1, 0.15) is 20.8 Å². The predicted molar refractivity (Wildman–Crippen MR) is 65.2 cm³/mol. The van der Waals surface area contributed by atoms with Crippen molar-refractivity contribution in [1.82, 2.24) is 4.57 Å². The lowest BCUT2D eigenvalue weighted by Crippen LogP contribution is -2.26. The number of rotatable bonds is 0. The topological polar surface area (TPSA) is 51.5 Å². The van der Waals surface area contributed by atoms with Crippen molar-refractivity contribution < 1.29 is 19.0 Å². The molecule has 0 saturated heterocycles. The number of fused-ring (bicyclic) bond motifs is 1. The van der Waals surface area contributed by atoms with Gasteiger partial charge in [-0.25, -0.2) is 13.8 Å². The second-order valence-electron chi connectivity index (χ2n) is 5.03. The summed E-state index contributed by atoms with van der Waals surface area (Å²) < 4.78 is 19.4. The number of aromatic hydroxyl groups is 1. The molecule has 0 fully saturated rings. The van der Waals surface area contributed by atoms with Crippen LogP contribution in [0.25, 0.3) is 10.9 Å². The highest BCUT2D eigenvalue weighted by atomic mass is 19.1. The van der Waals surface area contributed by atoms with Gasteiger partial charge in [-0.05, 0) is 39.0 Å². The van der Waals surface area contributed by atoms with Gasteiger partial charge in [-0.1, -0.05) is 0 Å². The van der Waals surface area contributed by atoms with E-state index in [1.54, 1.807) is 20.8 Å². The standard InChI is InChI=1S/C13H14FNO3/c1-13(2,3)18-12(17)15-7-11(16)9-6-8(14)4-5-10(9)15/h4-7,16H,1-3H3. The summed E-state index contributed by atoms with van der Waals surface area (Å²) in [5.74, 6) is -0.630. The second-order valence-corrected chi connectivity index (χ2v) is 5.03. The molecule has 2 aromatic rings. The quantitative estimate of drug-likeness (QED) is 0.781. The third kappa shape index (κ3) is 2.30. The Kier molecular flexibility index (Phi) is 2.77. The van der Waals surface area contributed by atoms with Gasteiger partial charge in [0.2, 0.25) is 0 Å². The number of benzene rings is 1. The Morgan fingerprint density at radius 1 is 1.39 bits per heavy atom. The molecule has 1 aromatic carbocycles. The summed E-state index contributed by atoms with van der Waals surface area (Å²) >= 11 is 0. The fourth-order valence-electron chi connectivity index (χ4n) is 1.65. The summed E-state index contributed by atoms with van der Waals surface area (Å²) in [6.45, 7) is 5.24. The molecule has 1 heterocycles. The zero-order valence-corrected chi connectivity index (χ0v) is 10.4. The summed E-state index contributed by atoms with van der Waals surface area (Å²) in [6.07, 6.45) is 0.609. The van der Waals surface area contributed by atoms with Gasteiger partial charge >= 0.3 is 6.09 Å². The van der Waals surface area contributed by atoms with Gasteiger partial charge in [-0.2, -0.15) is 0 Å². The minimum Gasteiger partial charge on any atom is -0.506 e. The SMILES string of the molecule is CC(C)(C)OC(=O)n1cc(O)c2cc(F)ccc21. The minimum absolute atomic E-state index is 0.157. The summed E-state index contributed by atoms with van der Waals surface area (Å²) in [4.78, 5) is 11.9. The van der Waals surface area contributed by atoms with E-state index in [0.717, 1.165) is 4.57 Å². The van der Waals surface area contributed by atoms with Crippen LogP contribution < -0.4 is 0 Å². The molecule has 0 radical (unpaired) electrons. The van der Waals surface area contributed by atoms with Crippen LogP contribution >= 0.6 is 0 Å². The maximum atomic E-state index is 13.1. The molecule has 0 aliphatic rings. The van der Waals surface area contributed by atoms with Gasteiger partial charge in [0, 0.05) is 5.39 Å². The maximum Gasteiger partial charge on any atom is 0.419 e. The molecule has 4 nitrogen and oxygen atoms in total. The van der Waals surface area contributed by atoms with E-state index in [0.29, 0.717) is 5.52 Å². The third-order valence-corrected chi connectivity index (χ3v) is 2.34. The number of nitrogens with zero attached hydrogens (tertiary/aromatic N) is 1. The Hall–Kier alpha value is -2.04. The van der Waals surface area contributed by atoms with Gasteiger partial charge in [0.25, 0.3) is 0 Å². The normalized spacial score (nSPS) is 11.8. The molecule has 0 aliphatic carbocycles. The number of halogens is 1. The van der Waals surface area contributed by atoms with E-state index in [9.17, 15) is 14.3 Å². The first-order valence-corrected chi connectivity index (χ1v) is 5.51. The smallest absolute Gasteiger partial charge is 0.419 e. The zero-order chi connectivity index (χ0) is 13.5. The predicted octanol–water partition coefficient (Wildman–Crippen LogP) is 3.27. The number of carbonyl (C=O) groups is 1. The van der Waals surface area contributed by atoms with Crippen molar-refractivity contribution in [3.8, 4) is 5.75 Å². The Bertz CT molecular complexity index is 610. The van der Waals surface area contributed by atoms with Gasteiger partial charge in [0.05, 0.1) is 11.7 Å². The Morgan fingerprint density at radius 2 is 2.06 bits per heavy atom. The van der Waals surface area contributed by atoms with Crippen LogP contribution in [0.3, 0.4) is 0 Å². The van der Waals surface area contributed by atoms with Crippen LogP contribution in [0.4, 0.5) is 9.18 Å². The molecule has 5 heteroatoms. The Balaban J connectivity index is 2.49. The first kappa shape index (κ1) is 12.4. The second kappa shape index (κ2) is 4.01. The molecule has 2 rings (SSSR count). The van der Waals surface area contributed by atoms with Crippen LogP contribution in [0.5, 0.6) is 5.75 Å². The molecule has 0 aliphatic heterocycles. The molecular weight excluding hydrogens is 237 g/mol. The van der Waals surface area contributed by atoms with E-state index in [2.05, 4.69) is 0 Å². The molecule has 18 heavy (non-hydrogen) atoms. The number of aromatic nitrogens is 1. The highest BCUT2D eigenvalue weighted by molar-refractivity contribution is 5.93. The van der Waals surface area contributed by atoms with Gasteiger partial charge in [-0.3, -0.25) is 0 Å². The number of hydrogen-bond acceptors (Lipinski definition) is 3. The number of carbonyl (C=O) groups excluding carboxylic acids is 1. The number of ether oxygens (including phenoxy) is 1. The molecule has 0 unspecified atom stereocenters. The van der Waals surface area contributed by atoms with Crippen molar-refractivity contribution in [2.24, 2.45) is 0 Å². The fraction of sp³-hybridized carbons (Fsp3) is 0.308. The van der Waals surface area contributed by atoms with Crippen LogP contribution in [0.2, 0.25) is 0 Å². The van der Waals surface area contributed by atoms with Gasteiger partial charge < -0.3 is 9.84 Å². The molecular formula is C13H14FNO3. The third-order valence-electron chi connectivity index (χ3n) is 2.34. The Labute approximate surface area is 104 Å². The summed E-state index contributed by atoms with van der Waals surface area (Å²) in [7, 11) is 0. The van der Waals surface area contributed by atoms with Crippen LogP contribution in [-0.2, 0) is 4.74 Å². The van der Waals surface area contributed by atoms with E-state index in [1.165, 1.54) is 24.4 Å². The fourth-order valence-corrected chi connectivity index (χ4v) is 1.65. The molecule has 0 amide bonds. The summed E-state index contributed by atoms with van der Waals surface area (Å²) in [5.41, 5.74) is -0.230. The molecule has 0 atom stereocenters. The molecule has 1 aromatic heterocycles. The lowest BCUT2D eigenvalue weighted by molar-refractivity contribution is 0.0543. The van der Waals surface area contributed by atoms with E-state index in [4.69, 9.17) is 4.74 Å². The van der Waals surface area contributed by atoms with Crippen LogP contribution in [0.15, 0.2) is 24.4 Å². The van der Waals surface area contributed by atoms with Crippen molar-refractivity contribution in [2.45, 2.75) is 26.4 Å². The van der Waals surface area contributed by atoms with Crippen LogP contribution in [-0.4, -0.2) is 21.4 Å². The Morgan fingerprint density at radius 3 is 2.67 bits per heavy atom. The summed E-state index contributed by atoms with van der Waals surface area (Å²) in [6, 6.07) is 3.82. The van der Waals surface area contributed by atoms with Crippen molar-refractivity contribution in [1.29, 1.82) is 0 Å². The lowest BCUT2D eigenvalue weighted by Gasteiger charge is -2.19.